The summed E-state index contributed by atoms with van der Waals surface area (Å²) in [5, 5.41) is 19.1. The average Bonchev–Trinajstić information content (AvgIpc) is 2.45. The first kappa shape index (κ1) is 14.8. The molecule has 0 saturated heterocycles. The number of hydrogen-bond acceptors (Lipinski definition) is 3. The van der Waals surface area contributed by atoms with Gasteiger partial charge in [0.25, 0.3) is 0 Å². The molecular formula is C15H14ClFO3. The van der Waals surface area contributed by atoms with Gasteiger partial charge in [-0.05, 0) is 29.8 Å². The van der Waals surface area contributed by atoms with Crippen molar-refractivity contribution in [3.63, 3.8) is 0 Å². The summed E-state index contributed by atoms with van der Waals surface area (Å²) in [6.45, 7) is -0.516. The molecule has 20 heavy (non-hydrogen) atoms. The molecule has 2 N–H and O–H groups in total. The maximum Gasteiger partial charge on any atom is 0.131 e. The molecule has 3 nitrogen and oxygen atoms in total. The lowest BCUT2D eigenvalue weighted by atomic mass is 10.1. The number of benzene rings is 2. The van der Waals surface area contributed by atoms with Gasteiger partial charge in [-0.1, -0.05) is 23.7 Å². The molecule has 0 fully saturated rings. The first-order chi connectivity index (χ1) is 9.63. The fraction of sp³-hybridized carbons (Fsp3) is 0.200. The molecule has 0 aromatic heterocycles. The molecule has 106 valence electrons. The maximum atomic E-state index is 13.3. The Kier molecular flexibility index (Phi) is 4.95. The van der Waals surface area contributed by atoms with Crippen LogP contribution in [-0.2, 0) is 19.8 Å². The van der Waals surface area contributed by atoms with Crippen molar-refractivity contribution in [2.45, 2.75) is 19.8 Å². The quantitative estimate of drug-likeness (QED) is 0.891. The normalized spacial score (nSPS) is 10.6. The Hall–Kier alpha value is -1.62. The van der Waals surface area contributed by atoms with Gasteiger partial charge in [0.1, 0.15) is 18.2 Å². The zero-order valence-electron chi connectivity index (χ0n) is 10.6. The second kappa shape index (κ2) is 6.70. The van der Waals surface area contributed by atoms with Crippen molar-refractivity contribution in [2.75, 3.05) is 0 Å². The van der Waals surface area contributed by atoms with Crippen molar-refractivity contribution in [3.8, 4) is 5.75 Å². The molecule has 0 aliphatic heterocycles. The molecule has 2 rings (SSSR count). The standard InChI is InChI=1S/C15H14ClFO3/c16-13-3-1-2-10(4-13)9-20-15-11(7-18)5-14(17)6-12(15)8-19/h1-6,18-19H,7-9H2. The van der Waals surface area contributed by atoms with E-state index in [9.17, 15) is 14.6 Å². The van der Waals surface area contributed by atoms with Crippen LogP contribution in [0.5, 0.6) is 5.75 Å². The van der Waals surface area contributed by atoms with Gasteiger partial charge in [0, 0.05) is 16.1 Å². The maximum absolute atomic E-state index is 13.3. The van der Waals surface area contributed by atoms with Gasteiger partial charge in [0.15, 0.2) is 0 Å². The number of rotatable bonds is 5. The number of aliphatic hydroxyl groups excluding tert-OH is 2. The van der Waals surface area contributed by atoms with E-state index in [0.29, 0.717) is 21.9 Å². The third-order valence-electron chi connectivity index (χ3n) is 2.82. The van der Waals surface area contributed by atoms with Crippen molar-refractivity contribution in [2.24, 2.45) is 0 Å². The minimum atomic E-state index is -0.520. The monoisotopic (exact) mass is 296 g/mol. The minimum Gasteiger partial charge on any atom is -0.488 e. The van der Waals surface area contributed by atoms with Crippen LogP contribution in [0.1, 0.15) is 16.7 Å². The molecule has 0 spiro atoms. The lowest BCUT2D eigenvalue weighted by Crippen LogP contribution is -2.03. The van der Waals surface area contributed by atoms with Crippen LogP contribution in [0.15, 0.2) is 36.4 Å². The van der Waals surface area contributed by atoms with Crippen LogP contribution in [0.2, 0.25) is 5.02 Å². The Balaban J connectivity index is 2.24. The highest BCUT2D eigenvalue weighted by atomic mass is 35.5. The predicted molar refractivity (Wildman–Crippen MR) is 74.0 cm³/mol. The third kappa shape index (κ3) is 3.48. The zero-order valence-corrected chi connectivity index (χ0v) is 11.4. The summed E-state index contributed by atoms with van der Waals surface area (Å²) in [5.41, 5.74) is 1.45. The van der Waals surface area contributed by atoms with E-state index in [-0.39, 0.29) is 19.8 Å². The fourth-order valence-corrected chi connectivity index (χ4v) is 2.13. The fourth-order valence-electron chi connectivity index (χ4n) is 1.91. The second-order valence-corrected chi connectivity index (χ2v) is 4.72. The summed E-state index contributed by atoms with van der Waals surface area (Å²) >= 11 is 5.88. The summed E-state index contributed by atoms with van der Waals surface area (Å²) < 4.78 is 18.9. The number of hydrogen-bond donors (Lipinski definition) is 2. The van der Waals surface area contributed by atoms with E-state index in [1.807, 2.05) is 6.07 Å². The van der Waals surface area contributed by atoms with Crippen LogP contribution < -0.4 is 4.74 Å². The smallest absolute Gasteiger partial charge is 0.131 e. The Morgan fingerprint density at radius 2 is 1.70 bits per heavy atom. The summed E-state index contributed by atoms with van der Waals surface area (Å²) in [5.74, 6) is -0.218. The Bertz CT molecular complexity index is 576. The molecule has 0 saturated carbocycles. The van der Waals surface area contributed by atoms with Crippen LogP contribution >= 0.6 is 11.6 Å². The van der Waals surface area contributed by atoms with Gasteiger partial charge in [-0.15, -0.1) is 0 Å². The van der Waals surface area contributed by atoms with E-state index in [1.54, 1.807) is 18.2 Å². The summed E-state index contributed by atoms with van der Waals surface area (Å²) in [6, 6.07) is 9.51. The van der Waals surface area contributed by atoms with Crippen LogP contribution in [0.25, 0.3) is 0 Å². The first-order valence-electron chi connectivity index (χ1n) is 6.04. The Morgan fingerprint density at radius 3 is 2.25 bits per heavy atom. The van der Waals surface area contributed by atoms with E-state index in [2.05, 4.69) is 0 Å². The molecule has 5 heteroatoms. The zero-order chi connectivity index (χ0) is 14.5. The van der Waals surface area contributed by atoms with Crippen molar-refractivity contribution >= 4 is 11.6 Å². The largest absolute Gasteiger partial charge is 0.488 e. The molecule has 0 aliphatic rings. The molecule has 2 aromatic rings. The van der Waals surface area contributed by atoms with Gasteiger partial charge in [0.05, 0.1) is 13.2 Å². The predicted octanol–water partition coefficient (Wildman–Crippen LogP) is 3.04. The molecular weight excluding hydrogens is 283 g/mol. The molecule has 0 aliphatic carbocycles. The molecule has 0 heterocycles. The van der Waals surface area contributed by atoms with Crippen LogP contribution in [0, 0.1) is 5.82 Å². The Labute approximate surface area is 121 Å². The minimum absolute atomic E-state index is 0.214. The van der Waals surface area contributed by atoms with Crippen LogP contribution in [0.3, 0.4) is 0 Å². The second-order valence-electron chi connectivity index (χ2n) is 4.29. The SMILES string of the molecule is OCc1cc(F)cc(CO)c1OCc1cccc(Cl)c1. The molecule has 0 radical (unpaired) electrons. The van der Waals surface area contributed by atoms with Gasteiger partial charge in [0.2, 0.25) is 0 Å². The van der Waals surface area contributed by atoms with Gasteiger partial charge in [-0.25, -0.2) is 4.39 Å². The molecule has 0 bridgehead atoms. The van der Waals surface area contributed by atoms with Crippen molar-refractivity contribution in [1.29, 1.82) is 0 Å². The van der Waals surface area contributed by atoms with E-state index in [0.717, 1.165) is 5.56 Å². The summed E-state index contributed by atoms with van der Waals surface area (Å²) in [6.07, 6.45) is 0. The van der Waals surface area contributed by atoms with Crippen molar-refractivity contribution < 1.29 is 19.3 Å². The highest BCUT2D eigenvalue weighted by Crippen LogP contribution is 2.27. The number of ether oxygens (including phenoxy) is 1. The van der Waals surface area contributed by atoms with E-state index in [4.69, 9.17) is 16.3 Å². The van der Waals surface area contributed by atoms with Gasteiger partial charge >= 0.3 is 0 Å². The topological polar surface area (TPSA) is 49.7 Å². The van der Waals surface area contributed by atoms with Gasteiger partial charge in [-0.3, -0.25) is 0 Å². The van der Waals surface area contributed by atoms with Crippen LogP contribution in [0.4, 0.5) is 4.39 Å². The highest BCUT2D eigenvalue weighted by molar-refractivity contribution is 6.30. The lowest BCUT2D eigenvalue weighted by Gasteiger charge is -2.14. The van der Waals surface area contributed by atoms with E-state index >= 15 is 0 Å². The summed E-state index contributed by atoms with van der Waals surface area (Å²) in [4.78, 5) is 0. The van der Waals surface area contributed by atoms with Crippen LogP contribution in [-0.4, -0.2) is 10.2 Å². The van der Waals surface area contributed by atoms with Gasteiger partial charge < -0.3 is 14.9 Å². The van der Waals surface area contributed by atoms with E-state index in [1.165, 1.54) is 12.1 Å². The molecule has 0 amide bonds. The number of aliphatic hydroxyl groups is 2. The summed E-state index contributed by atoms with van der Waals surface area (Å²) in [7, 11) is 0. The first-order valence-corrected chi connectivity index (χ1v) is 6.42. The van der Waals surface area contributed by atoms with E-state index < -0.39 is 5.82 Å². The Morgan fingerprint density at radius 1 is 1.05 bits per heavy atom. The molecule has 0 atom stereocenters. The highest BCUT2D eigenvalue weighted by Gasteiger charge is 2.12. The molecule has 0 unspecified atom stereocenters. The van der Waals surface area contributed by atoms with Crippen molar-refractivity contribution in [1.82, 2.24) is 0 Å². The lowest BCUT2D eigenvalue weighted by molar-refractivity contribution is 0.241. The van der Waals surface area contributed by atoms with Crippen molar-refractivity contribution in [3.05, 3.63) is 63.9 Å². The average molecular weight is 297 g/mol. The third-order valence-corrected chi connectivity index (χ3v) is 3.06. The van der Waals surface area contributed by atoms with Gasteiger partial charge in [-0.2, -0.15) is 0 Å². The number of halogens is 2. The molecule has 2 aromatic carbocycles.